The molecule has 3 rings (SSSR count). The van der Waals surface area contributed by atoms with Gasteiger partial charge in [0.2, 0.25) is 0 Å². The lowest BCUT2D eigenvalue weighted by Gasteiger charge is -2.12. The van der Waals surface area contributed by atoms with Gasteiger partial charge in [-0.15, -0.1) is 0 Å². The van der Waals surface area contributed by atoms with Crippen LogP contribution in [0.1, 0.15) is 34.7 Å². The molecule has 0 saturated heterocycles. The van der Waals surface area contributed by atoms with Crippen molar-refractivity contribution in [3.63, 3.8) is 0 Å². The second-order valence-corrected chi connectivity index (χ2v) is 6.11. The monoisotopic (exact) mass is 361 g/mol. The molecule has 1 amide bonds. The van der Waals surface area contributed by atoms with Gasteiger partial charge in [-0.2, -0.15) is 10.2 Å². The molecule has 0 saturated carbocycles. The fraction of sp³-hybridized carbons (Fsp3) is 0.235. The van der Waals surface area contributed by atoms with Crippen molar-refractivity contribution in [3.8, 4) is 5.69 Å². The SMILES string of the molecule is Cc1nn(C)c(C(=O)N[C@H](C)c2cnn(-c3ccccc3F)c2)c1Cl. The molecule has 25 heavy (non-hydrogen) atoms. The molecule has 0 aliphatic rings. The molecule has 0 radical (unpaired) electrons. The summed E-state index contributed by atoms with van der Waals surface area (Å²) in [6.07, 6.45) is 3.27. The van der Waals surface area contributed by atoms with Crippen molar-refractivity contribution in [3.05, 3.63) is 64.5 Å². The van der Waals surface area contributed by atoms with Crippen LogP contribution in [0.15, 0.2) is 36.7 Å². The minimum absolute atomic E-state index is 0.299. The first-order valence-corrected chi connectivity index (χ1v) is 8.05. The minimum Gasteiger partial charge on any atom is -0.344 e. The van der Waals surface area contributed by atoms with Gasteiger partial charge >= 0.3 is 0 Å². The summed E-state index contributed by atoms with van der Waals surface area (Å²) in [7, 11) is 1.66. The summed E-state index contributed by atoms with van der Waals surface area (Å²) < 4.78 is 16.7. The number of hydrogen-bond acceptors (Lipinski definition) is 3. The Balaban J connectivity index is 1.79. The Morgan fingerprint density at radius 1 is 1.36 bits per heavy atom. The smallest absolute Gasteiger partial charge is 0.271 e. The first kappa shape index (κ1) is 17.2. The molecule has 8 heteroatoms. The first-order chi connectivity index (χ1) is 11.9. The molecule has 6 nitrogen and oxygen atoms in total. The fourth-order valence-corrected chi connectivity index (χ4v) is 2.80. The Kier molecular flexibility index (Phi) is 4.59. The largest absolute Gasteiger partial charge is 0.344 e. The Labute approximate surface area is 149 Å². The summed E-state index contributed by atoms with van der Waals surface area (Å²) in [5, 5.41) is 11.5. The van der Waals surface area contributed by atoms with Crippen LogP contribution in [0.4, 0.5) is 4.39 Å². The van der Waals surface area contributed by atoms with Crippen LogP contribution in [0.2, 0.25) is 5.02 Å². The summed E-state index contributed by atoms with van der Waals surface area (Å²) in [4.78, 5) is 12.5. The zero-order valence-corrected chi connectivity index (χ0v) is 14.8. The molecule has 0 fully saturated rings. The number of benzene rings is 1. The van der Waals surface area contributed by atoms with Gasteiger partial charge in [-0.25, -0.2) is 9.07 Å². The third kappa shape index (κ3) is 3.28. The molecule has 0 bridgehead atoms. The second-order valence-electron chi connectivity index (χ2n) is 5.74. The molecular weight excluding hydrogens is 345 g/mol. The van der Waals surface area contributed by atoms with Crippen LogP contribution in [-0.2, 0) is 7.05 Å². The molecule has 1 N–H and O–H groups in total. The van der Waals surface area contributed by atoms with E-state index in [4.69, 9.17) is 11.6 Å². The van der Waals surface area contributed by atoms with Gasteiger partial charge in [0.15, 0.2) is 0 Å². The van der Waals surface area contributed by atoms with E-state index in [2.05, 4.69) is 15.5 Å². The van der Waals surface area contributed by atoms with Crippen LogP contribution >= 0.6 is 11.6 Å². The predicted octanol–water partition coefficient (Wildman–Crippen LogP) is 3.20. The standard InChI is InChI=1S/C17H17ClFN5O/c1-10(21-17(25)16-15(18)11(2)22-23(16)3)12-8-20-24(9-12)14-7-5-4-6-13(14)19/h4-10H,1-3H3,(H,21,25)/t10-/m1/s1. The minimum atomic E-state index is -0.369. The number of hydrogen-bond donors (Lipinski definition) is 1. The Bertz CT molecular complexity index is 933. The van der Waals surface area contributed by atoms with Crippen LogP contribution in [0.3, 0.4) is 0 Å². The number of aromatic nitrogens is 4. The molecule has 1 atom stereocenters. The number of rotatable bonds is 4. The number of halogens is 2. The number of para-hydroxylation sites is 1. The normalized spacial score (nSPS) is 12.2. The van der Waals surface area contributed by atoms with E-state index >= 15 is 0 Å². The van der Waals surface area contributed by atoms with Crippen LogP contribution in [0.5, 0.6) is 0 Å². The highest BCUT2D eigenvalue weighted by atomic mass is 35.5. The molecular formula is C17H17ClFN5O. The average Bonchev–Trinajstić information content (AvgIpc) is 3.13. The Hall–Kier alpha value is -2.67. The van der Waals surface area contributed by atoms with Crippen LogP contribution < -0.4 is 5.32 Å². The van der Waals surface area contributed by atoms with Crippen molar-refractivity contribution in [2.75, 3.05) is 0 Å². The number of carbonyl (C=O) groups is 1. The van der Waals surface area contributed by atoms with Crippen molar-refractivity contribution in [1.29, 1.82) is 0 Å². The molecule has 1 aromatic carbocycles. The number of nitrogens with one attached hydrogen (secondary N) is 1. The molecule has 0 spiro atoms. The Morgan fingerprint density at radius 3 is 2.72 bits per heavy atom. The lowest BCUT2D eigenvalue weighted by molar-refractivity contribution is 0.0930. The zero-order chi connectivity index (χ0) is 18.1. The quantitative estimate of drug-likeness (QED) is 0.776. The van der Waals surface area contributed by atoms with Crippen LogP contribution in [0, 0.1) is 12.7 Å². The summed E-state index contributed by atoms with van der Waals surface area (Å²) in [6.45, 7) is 3.55. The van der Waals surface area contributed by atoms with E-state index in [-0.39, 0.29) is 17.8 Å². The van der Waals surface area contributed by atoms with Crippen LogP contribution in [-0.4, -0.2) is 25.5 Å². The highest BCUT2D eigenvalue weighted by Gasteiger charge is 2.21. The van der Waals surface area contributed by atoms with Gasteiger partial charge in [0, 0.05) is 18.8 Å². The lowest BCUT2D eigenvalue weighted by atomic mass is 10.2. The van der Waals surface area contributed by atoms with Crippen molar-refractivity contribution >= 4 is 17.5 Å². The second kappa shape index (κ2) is 6.68. The van der Waals surface area contributed by atoms with Gasteiger partial charge in [0.25, 0.3) is 5.91 Å². The highest BCUT2D eigenvalue weighted by molar-refractivity contribution is 6.34. The molecule has 130 valence electrons. The number of nitrogens with zero attached hydrogens (tertiary/aromatic N) is 4. The number of carbonyl (C=O) groups excluding carboxylic acids is 1. The van der Waals surface area contributed by atoms with Crippen molar-refractivity contribution < 1.29 is 9.18 Å². The topological polar surface area (TPSA) is 64.7 Å². The average molecular weight is 362 g/mol. The molecule has 0 unspecified atom stereocenters. The summed E-state index contributed by atoms with van der Waals surface area (Å²) in [6, 6.07) is 6.02. The molecule has 3 aromatic rings. The summed E-state index contributed by atoms with van der Waals surface area (Å²) in [5.74, 6) is -0.703. The third-order valence-electron chi connectivity index (χ3n) is 3.91. The van der Waals surface area contributed by atoms with Gasteiger partial charge in [0.05, 0.1) is 23.0 Å². The van der Waals surface area contributed by atoms with Gasteiger partial charge in [-0.05, 0) is 26.0 Å². The molecule has 2 heterocycles. The van der Waals surface area contributed by atoms with Gasteiger partial charge in [0.1, 0.15) is 17.2 Å². The van der Waals surface area contributed by atoms with E-state index in [1.807, 2.05) is 6.92 Å². The molecule has 0 aliphatic heterocycles. The van der Waals surface area contributed by atoms with Crippen molar-refractivity contribution in [2.45, 2.75) is 19.9 Å². The van der Waals surface area contributed by atoms with E-state index in [9.17, 15) is 9.18 Å². The van der Waals surface area contributed by atoms with E-state index in [0.717, 1.165) is 5.56 Å². The van der Waals surface area contributed by atoms with E-state index in [1.165, 1.54) is 15.4 Å². The maximum Gasteiger partial charge on any atom is 0.271 e. The summed E-state index contributed by atoms with van der Waals surface area (Å²) in [5.41, 5.74) is 1.98. The third-order valence-corrected chi connectivity index (χ3v) is 4.37. The lowest BCUT2D eigenvalue weighted by Crippen LogP contribution is -2.28. The van der Waals surface area contributed by atoms with E-state index < -0.39 is 0 Å². The molecule has 0 aliphatic carbocycles. The molecule has 2 aromatic heterocycles. The summed E-state index contributed by atoms with van der Waals surface area (Å²) >= 11 is 6.14. The maximum absolute atomic E-state index is 13.9. The highest BCUT2D eigenvalue weighted by Crippen LogP contribution is 2.21. The fourth-order valence-electron chi connectivity index (χ4n) is 2.56. The van der Waals surface area contributed by atoms with Gasteiger partial charge in [-0.3, -0.25) is 9.48 Å². The predicted molar refractivity (Wildman–Crippen MR) is 92.4 cm³/mol. The van der Waals surface area contributed by atoms with Gasteiger partial charge < -0.3 is 5.32 Å². The van der Waals surface area contributed by atoms with E-state index in [0.29, 0.717) is 22.1 Å². The number of aryl methyl sites for hydroxylation is 2. The van der Waals surface area contributed by atoms with Crippen molar-refractivity contribution in [1.82, 2.24) is 24.9 Å². The van der Waals surface area contributed by atoms with Crippen LogP contribution in [0.25, 0.3) is 5.69 Å². The van der Waals surface area contributed by atoms with Crippen molar-refractivity contribution in [2.24, 2.45) is 7.05 Å². The maximum atomic E-state index is 13.9. The Morgan fingerprint density at radius 2 is 2.08 bits per heavy atom. The first-order valence-electron chi connectivity index (χ1n) is 7.68. The van der Waals surface area contributed by atoms with E-state index in [1.54, 1.807) is 44.6 Å². The van der Waals surface area contributed by atoms with Gasteiger partial charge in [-0.1, -0.05) is 23.7 Å². The zero-order valence-electron chi connectivity index (χ0n) is 14.0. The number of amides is 1.